The number of nitrogens with zero attached hydrogens (tertiary/aromatic N) is 3. The van der Waals surface area contributed by atoms with Gasteiger partial charge in [-0.15, -0.1) is 12.1 Å². The molecule has 0 saturated heterocycles. The Kier molecular flexibility index (Phi) is 7.19. The Bertz CT molecular complexity index is 1360. The molecule has 1 aliphatic heterocycles. The van der Waals surface area contributed by atoms with E-state index in [0.29, 0.717) is 33.7 Å². The SMILES string of the molecule is C=CCCCNc1c(C#N)cnc2c(Cl)cc(N[C@H](C3=CN(C4CC4)NN3)c3ccccc3Cl)cc12. The van der Waals surface area contributed by atoms with E-state index in [9.17, 15) is 5.26 Å². The van der Waals surface area contributed by atoms with Gasteiger partial charge in [0.25, 0.3) is 0 Å². The number of nitrogens with one attached hydrogen (secondary N) is 4. The van der Waals surface area contributed by atoms with E-state index in [-0.39, 0.29) is 6.04 Å². The molecule has 1 aromatic heterocycles. The molecule has 9 heteroatoms. The van der Waals surface area contributed by atoms with Gasteiger partial charge in [0.05, 0.1) is 33.5 Å². The lowest BCUT2D eigenvalue weighted by Crippen LogP contribution is -2.38. The highest BCUT2D eigenvalue weighted by Gasteiger charge is 2.32. The number of allylic oxidation sites excluding steroid dienone is 1. The first-order valence-electron chi connectivity index (χ1n) is 12.0. The van der Waals surface area contributed by atoms with Gasteiger partial charge in [0.2, 0.25) is 0 Å². The van der Waals surface area contributed by atoms with Crippen LogP contribution in [0, 0.1) is 11.3 Å². The van der Waals surface area contributed by atoms with Gasteiger partial charge in [-0.2, -0.15) is 5.26 Å². The second kappa shape index (κ2) is 10.7. The van der Waals surface area contributed by atoms with Crippen LogP contribution in [0.3, 0.4) is 0 Å². The average Bonchev–Trinajstić information content (AvgIpc) is 3.62. The number of nitriles is 1. The normalized spacial score (nSPS) is 15.7. The number of anilines is 2. The number of hydrogen-bond acceptors (Lipinski definition) is 7. The zero-order valence-corrected chi connectivity index (χ0v) is 21.2. The van der Waals surface area contributed by atoms with Crippen LogP contribution < -0.4 is 21.6 Å². The van der Waals surface area contributed by atoms with Crippen LogP contribution in [0.25, 0.3) is 10.9 Å². The van der Waals surface area contributed by atoms with E-state index >= 15 is 0 Å². The molecule has 2 aliphatic rings. The van der Waals surface area contributed by atoms with Gasteiger partial charge >= 0.3 is 0 Å². The van der Waals surface area contributed by atoms with E-state index in [1.165, 1.54) is 12.8 Å². The van der Waals surface area contributed by atoms with E-state index < -0.39 is 0 Å². The lowest BCUT2D eigenvalue weighted by atomic mass is 10.0. The van der Waals surface area contributed by atoms with Crippen molar-refractivity contribution in [1.82, 2.24) is 21.0 Å². The van der Waals surface area contributed by atoms with E-state index in [4.69, 9.17) is 23.2 Å². The predicted octanol–water partition coefficient (Wildman–Crippen LogP) is 6.27. The molecule has 1 saturated carbocycles. The maximum absolute atomic E-state index is 9.73. The Morgan fingerprint density at radius 2 is 2.08 bits per heavy atom. The van der Waals surface area contributed by atoms with Gasteiger partial charge in [-0.1, -0.05) is 47.5 Å². The van der Waals surface area contributed by atoms with Crippen LogP contribution in [0.1, 0.15) is 42.9 Å². The zero-order valence-electron chi connectivity index (χ0n) is 19.7. The Morgan fingerprint density at radius 3 is 2.83 bits per heavy atom. The summed E-state index contributed by atoms with van der Waals surface area (Å²) in [6.45, 7) is 4.48. The third-order valence-electron chi connectivity index (χ3n) is 6.32. The van der Waals surface area contributed by atoms with Crippen LogP contribution in [0.5, 0.6) is 0 Å². The minimum absolute atomic E-state index is 0.264. The standard InChI is InChI=1S/C27H27Cl2N7/c1-2-3-6-11-31-25-17(14-30)15-32-26-21(25)12-18(13-23(26)29)33-27(20-7-4-5-8-22(20)28)24-16-36(35-34-24)19-9-10-19/h2,4-5,7-8,12-13,15-16,19,27,33-35H,1,3,6,9-11H2,(H,31,32)/t27-/m0/s1. The van der Waals surface area contributed by atoms with Crippen LogP contribution >= 0.6 is 23.2 Å². The van der Waals surface area contributed by atoms with Crippen molar-refractivity contribution in [3.05, 3.63) is 88.3 Å². The molecule has 0 bridgehead atoms. The van der Waals surface area contributed by atoms with Crippen LogP contribution in [-0.4, -0.2) is 22.6 Å². The molecule has 2 aromatic carbocycles. The molecule has 0 amide bonds. The topological polar surface area (TPSA) is 88.0 Å². The fraction of sp³-hybridized carbons (Fsp3) is 0.259. The minimum atomic E-state index is -0.264. The van der Waals surface area contributed by atoms with Crippen molar-refractivity contribution in [3.63, 3.8) is 0 Å². The smallest absolute Gasteiger partial charge is 0.103 e. The van der Waals surface area contributed by atoms with Crippen molar-refractivity contribution in [2.24, 2.45) is 0 Å². The fourth-order valence-corrected chi connectivity index (χ4v) is 4.83. The first-order valence-corrected chi connectivity index (χ1v) is 12.7. The largest absolute Gasteiger partial charge is 0.383 e. The maximum Gasteiger partial charge on any atom is 0.103 e. The molecular formula is C27H27Cl2N7. The van der Waals surface area contributed by atoms with E-state index in [1.807, 2.05) is 42.5 Å². The van der Waals surface area contributed by atoms with E-state index in [2.05, 4.69) is 50.4 Å². The van der Waals surface area contributed by atoms with Crippen molar-refractivity contribution >= 4 is 45.5 Å². The summed E-state index contributed by atoms with van der Waals surface area (Å²) in [5, 5.41) is 20.8. The molecule has 1 fully saturated rings. The third kappa shape index (κ3) is 5.07. The molecule has 5 rings (SSSR count). The number of benzene rings is 2. The molecule has 7 nitrogen and oxygen atoms in total. The Labute approximate surface area is 220 Å². The Balaban J connectivity index is 1.53. The number of hydrazine groups is 2. The summed E-state index contributed by atoms with van der Waals surface area (Å²) in [6.07, 6.45) is 9.66. The van der Waals surface area contributed by atoms with Crippen LogP contribution in [-0.2, 0) is 0 Å². The first-order chi connectivity index (χ1) is 17.6. The van der Waals surface area contributed by atoms with Crippen molar-refractivity contribution in [2.45, 2.75) is 37.8 Å². The van der Waals surface area contributed by atoms with E-state index in [0.717, 1.165) is 40.9 Å². The first kappa shape index (κ1) is 24.3. The highest BCUT2D eigenvalue weighted by Crippen LogP contribution is 2.37. The predicted molar refractivity (Wildman–Crippen MR) is 146 cm³/mol. The second-order valence-corrected chi connectivity index (χ2v) is 9.74. The molecule has 0 radical (unpaired) electrons. The summed E-state index contributed by atoms with van der Waals surface area (Å²) in [4.78, 5) is 4.46. The quantitative estimate of drug-likeness (QED) is 0.185. The minimum Gasteiger partial charge on any atom is -0.383 e. The van der Waals surface area contributed by atoms with Crippen LogP contribution in [0.15, 0.2) is 67.1 Å². The van der Waals surface area contributed by atoms with Gasteiger partial charge < -0.3 is 16.1 Å². The van der Waals surface area contributed by atoms with E-state index in [1.54, 1.807) is 6.20 Å². The van der Waals surface area contributed by atoms with Gasteiger partial charge in [0, 0.05) is 41.1 Å². The van der Waals surface area contributed by atoms with Crippen LogP contribution in [0.2, 0.25) is 10.0 Å². The number of aromatic nitrogens is 1. The van der Waals surface area contributed by atoms with Crippen molar-refractivity contribution in [2.75, 3.05) is 17.2 Å². The maximum atomic E-state index is 9.73. The number of hydrogen-bond donors (Lipinski definition) is 4. The van der Waals surface area contributed by atoms with Gasteiger partial charge in [0.1, 0.15) is 6.07 Å². The molecule has 0 unspecified atom stereocenters. The summed E-state index contributed by atoms with van der Waals surface area (Å²) < 4.78 is 0. The van der Waals surface area contributed by atoms with Gasteiger partial charge in [-0.3, -0.25) is 9.99 Å². The molecular weight excluding hydrogens is 493 g/mol. The van der Waals surface area contributed by atoms with Gasteiger partial charge in [-0.05, 0) is 49.4 Å². The fourth-order valence-electron chi connectivity index (χ4n) is 4.32. The summed E-state index contributed by atoms with van der Waals surface area (Å²) in [7, 11) is 0. The number of pyridine rings is 1. The lowest BCUT2D eigenvalue weighted by molar-refractivity contribution is 0.260. The molecule has 4 N–H and O–H groups in total. The molecule has 2 heterocycles. The highest BCUT2D eigenvalue weighted by atomic mass is 35.5. The number of fused-ring (bicyclic) bond motifs is 1. The Morgan fingerprint density at radius 1 is 1.25 bits per heavy atom. The molecule has 184 valence electrons. The summed E-state index contributed by atoms with van der Waals surface area (Å²) >= 11 is 13.3. The van der Waals surface area contributed by atoms with Gasteiger partial charge in [-0.25, -0.2) is 0 Å². The third-order valence-corrected chi connectivity index (χ3v) is 6.95. The number of unbranched alkanes of at least 4 members (excludes halogenated alkanes) is 1. The summed E-state index contributed by atoms with van der Waals surface area (Å²) in [6, 6.07) is 14.1. The van der Waals surface area contributed by atoms with Crippen molar-refractivity contribution in [1.29, 1.82) is 5.26 Å². The van der Waals surface area contributed by atoms with Crippen molar-refractivity contribution < 1.29 is 0 Å². The molecule has 0 spiro atoms. The summed E-state index contributed by atoms with van der Waals surface area (Å²) in [5.74, 6) is 0. The summed E-state index contributed by atoms with van der Waals surface area (Å²) in [5.41, 5.74) is 11.0. The molecule has 1 atom stereocenters. The average molecular weight is 520 g/mol. The number of rotatable bonds is 10. The molecule has 3 aromatic rings. The number of halogens is 2. The molecule has 36 heavy (non-hydrogen) atoms. The highest BCUT2D eigenvalue weighted by molar-refractivity contribution is 6.36. The lowest BCUT2D eigenvalue weighted by Gasteiger charge is -2.23. The second-order valence-electron chi connectivity index (χ2n) is 8.93. The van der Waals surface area contributed by atoms with Gasteiger partial charge in [0.15, 0.2) is 0 Å². The zero-order chi connectivity index (χ0) is 25.1. The van der Waals surface area contributed by atoms with Crippen molar-refractivity contribution in [3.8, 4) is 6.07 Å². The molecule has 1 aliphatic carbocycles. The Hall–Kier alpha value is -3.44. The monoisotopic (exact) mass is 519 g/mol. The van der Waals surface area contributed by atoms with Crippen LogP contribution in [0.4, 0.5) is 11.4 Å².